The molecule has 13 aromatic rings. The lowest BCUT2D eigenvalue weighted by Crippen LogP contribution is -1.98. The molecule has 0 radical (unpaired) electrons. The van der Waals surface area contributed by atoms with Gasteiger partial charge in [0.05, 0.1) is 92.2 Å². The topological polar surface area (TPSA) is 14.8 Å². The Bertz CT molecular complexity index is 6130. The van der Waals surface area contributed by atoms with Gasteiger partial charge in [0.25, 0.3) is 0 Å². The minimum atomic E-state index is -1.27. The summed E-state index contributed by atoms with van der Waals surface area (Å²) >= 11 is 0. The Morgan fingerprint density at radius 3 is 1.38 bits per heavy atom. The van der Waals surface area contributed by atoms with E-state index in [-0.39, 0.29) is 0 Å². The number of rotatable bonds is 6. The van der Waals surface area contributed by atoms with E-state index in [4.69, 9.17) is 27.4 Å². The number of nitrogens with zero attached hydrogens (tertiary/aromatic N) is 3. The fourth-order valence-electron chi connectivity index (χ4n) is 7.54. The normalized spacial score (nSPS) is 20.5. The van der Waals surface area contributed by atoms with Crippen LogP contribution in [-0.4, -0.2) is 13.7 Å². The van der Waals surface area contributed by atoms with Gasteiger partial charge in [-0.3, -0.25) is 0 Å². The van der Waals surface area contributed by atoms with Gasteiger partial charge in [0, 0.05) is 49.3 Å². The summed E-state index contributed by atoms with van der Waals surface area (Å²) in [5.41, 5.74) is -13.8. The molecule has 0 saturated heterocycles. The van der Waals surface area contributed by atoms with E-state index < -0.39 is 352 Å². The summed E-state index contributed by atoms with van der Waals surface area (Å²) in [5.74, 6) is 0. The molecule has 0 unspecified atom stereocenters. The highest BCUT2D eigenvalue weighted by molar-refractivity contribution is 6.13. The highest BCUT2D eigenvalue weighted by atomic mass is 15.0. The Kier molecular flexibility index (Phi) is 3.15. The molecule has 0 spiro atoms. The molecule has 0 aliphatic carbocycles. The van der Waals surface area contributed by atoms with Crippen LogP contribution in [0.3, 0.4) is 0 Å². The molecule has 0 saturated carbocycles. The number of hydrogen-bond acceptors (Lipinski definition) is 0. The van der Waals surface area contributed by atoms with E-state index in [0.717, 1.165) is 0 Å². The Morgan fingerprint density at radius 1 is 0.238 bits per heavy atom. The third-order valence-electron chi connectivity index (χ3n) is 10.2. The van der Waals surface area contributed by atoms with Gasteiger partial charge in [0.2, 0.25) is 0 Å². The first-order chi connectivity index (χ1) is 47.5. The third kappa shape index (κ3) is 5.53. The smallest absolute Gasteiger partial charge is 0.0652 e. The average molecular weight is 841 g/mol. The van der Waals surface area contributed by atoms with Crippen molar-refractivity contribution in [2.75, 3.05) is 0 Å². The molecule has 0 amide bonds. The molecule has 3 nitrogen and oxygen atoms in total. The zero-order valence-electron chi connectivity index (χ0n) is 70.3. The molecule has 3 heterocycles. The lowest BCUT2D eigenvalue weighted by molar-refractivity contribution is 1.16. The van der Waals surface area contributed by atoms with Gasteiger partial charge >= 0.3 is 0 Å². The van der Waals surface area contributed by atoms with Crippen molar-refractivity contribution in [3.63, 3.8) is 0 Å². The number of fused-ring (bicyclic) bond motifs is 9. The highest BCUT2D eigenvalue weighted by Crippen LogP contribution is 2.41. The molecule has 0 atom stereocenters. The van der Waals surface area contributed by atoms with Crippen LogP contribution in [0.1, 0.15) is 53.5 Å². The summed E-state index contributed by atoms with van der Waals surface area (Å²) in [6, 6.07) is -41.7. The van der Waals surface area contributed by atoms with Crippen LogP contribution in [0.4, 0.5) is 0 Å². The van der Waals surface area contributed by atoms with E-state index in [9.17, 15) is 26.0 Å². The second-order valence-corrected chi connectivity index (χ2v) is 13.5. The van der Waals surface area contributed by atoms with Gasteiger partial charge in [-0.15, -0.1) is 0 Å². The van der Waals surface area contributed by atoms with E-state index in [1.165, 1.54) is 0 Å². The van der Waals surface area contributed by atoms with Crippen LogP contribution >= 0.6 is 0 Å². The molecule has 0 bridgehead atoms. The summed E-state index contributed by atoms with van der Waals surface area (Å²) in [6.07, 6.45) is 0. The zero-order chi connectivity index (χ0) is 75.4. The predicted molar refractivity (Wildman–Crippen MR) is 266 cm³/mol. The maximum absolute atomic E-state index is 10.4. The van der Waals surface area contributed by atoms with Crippen LogP contribution in [0.15, 0.2) is 236 Å². The summed E-state index contributed by atoms with van der Waals surface area (Å²) in [4.78, 5) is 0. The summed E-state index contributed by atoms with van der Waals surface area (Å²) in [7, 11) is 0. The molecular weight excluding hydrogens is 763 g/mol. The highest BCUT2D eigenvalue weighted by Gasteiger charge is 2.20. The van der Waals surface area contributed by atoms with Gasteiger partial charge in [-0.05, 0) is 100 Å². The minimum absolute atomic E-state index is 0.570. The van der Waals surface area contributed by atoms with Crippen molar-refractivity contribution in [3.8, 4) is 50.4 Å². The maximum Gasteiger partial charge on any atom is 0.0652 e. The largest absolute Gasteiger partial charge is 0.309 e. The van der Waals surface area contributed by atoms with E-state index in [0.29, 0.717) is 13.7 Å². The number of hydrogen-bond donors (Lipinski definition) is 0. The van der Waals surface area contributed by atoms with Crippen molar-refractivity contribution >= 4 is 65.4 Å². The maximum atomic E-state index is 10.4. The first-order valence-electron chi connectivity index (χ1n) is 38.0. The van der Waals surface area contributed by atoms with E-state index >= 15 is 0 Å². The van der Waals surface area contributed by atoms with Crippen molar-refractivity contribution < 1.29 is 53.5 Å². The number of aromatic nitrogens is 3. The van der Waals surface area contributed by atoms with Gasteiger partial charge in [-0.2, -0.15) is 0 Å². The number of benzene rings is 10. The fraction of sp³-hybridized carbons (Fsp3) is 0. The van der Waals surface area contributed by atoms with Crippen LogP contribution in [0, 0.1) is 0 Å². The minimum Gasteiger partial charge on any atom is -0.309 e. The van der Waals surface area contributed by atoms with Crippen LogP contribution in [0.25, 0.3) is 116 Å². The Hall–Kier alpha value is -8.40. The SMILES string of the molecule is [2H]c1c([2H])c([2H])c(-c2c([2H])c([2H])c([2H])c(-c3c([2H])c([2H])c([2H])c(-n4c5c([2H])c([2H])c([2H])c([2H])c5c5c([2H])c(-n6c7c([2H])c([2H])c([2H])c([2H])c7c7c([2H])c([2H])c(-c8c([2H])c([2H])c([2H])c([2H])c8-n8c9c([2H])c([2H])c([2H])c([2H])c9c9c([2H])c([2H])c([2H])c([2H])c98)c([2H])c76)c([2H])c([2H])c54)c3[2H])c2[2H])c([2H])c1[2H]. The fourth-order valence-corrected chi connectivity index (χ4v) is 7.54. The van der Waals surface area contributed by atoms with Crippen molar-refractivity contribution in [1.82, 2.24) is 13.7 Å². The molecule has 10 aromatic carbocycles. The Morgan fingerprint density at radius 2 is 0.698 bits per heavy atom. The monoisotopic (exact) mass is 841 g/mol. The summed E-state index contributed by atoms with van der Waals surface area (Å²) in [5, 5.41) is -4.35. The number of para-hydroxylation sites is 5. The van der Waals surface area contributed by atoms with Gasteiger partial charge in [-0.1, -0.05) is 163 Å². The van der Waals surface area contributed by atoms with E-state index in [1.807, 2.05) is 0 Å². The Balaban J connectivity index is 1.23. The van der Waals surface area contributed by atoms with Crippen molar-refractivity contribution in [1.29, 1.82) is 0 Å². The van der Waals surface area contributed by atoms with Crippen LogP contribution in [0.2, 0.25) is 0 Å². The van der Waals surface area contributed by atoms with Gasteiger partial charge in [-0.25, -0.2) is 0 Å². The van der Waals surface area contributed by atoms with Gasteiger partial charge in [0.15, 0.2) is 0 Å². The van der Waals surface area contributed by atoms with Crippen molar-refractivity contribution in [3.05, 3.63) is 236 Å². The first kappa shape index (κ1) is 14.1. The lowest BCUT2D eigenvalue weighted by Gasteiger charge is -2.15. The van der Waals surface area contributed by atoms with Crippen LogP contribution in [-0.2, 0) is 0 Å². The quantitative estimate of drug-likeness (QED) is 0.158. The molecule has 63 heavy (non-hydrogen) atoms. The molecule has 0 aliphatic heterocycles. The first-order valence-corrected chi connectivity index (χ1v) is 18.5. The van der Waals surface area contributed by atoms with Crippen LogP contribution in [0.5, 0.6) is 0 Å². The zero-order valence-corrected chi connectivity index (χ0v) is 31.3. The van der Waals surface area contributed by atoms with Crippen LogP contribution < -0.4 is 0 Å². The van der Waals surface area contributed by atoms with E-state index in [1.54, 1.807) is 0 Å². The molecule has 294 valence electrons. The van der Waals surface area contributed by atoms with Gasteiger partial charge in [0.1, 0.15) is 0 Å². The second kappa shape index (κ2) is 14.1. The standard InChI is InChI=1S/C60H39N3/c1-2-16-40(17-3-1)41-18-14-19-42(36-41)43-20-15-21-45(37-43)61-56-29-11-8-26-51(56)53-39-46(33-35-59(53)61)62-55-28-10-5-25-50(55)52-34-32-44(38-60(52)62)47-22-4-9-27-54(47)63-57-30-12-6-23-48(57)49-24-7-13-31-58(49)63/h1-39H/i1D,2D,3D,4D,5D,6D,7D,8D,9D,10D,11D,12D,13D,14D,15D,16D,17D,18D,19D,20D,21D,22D,23D,24D,25D,26D,27D,28D,29D,30D,31D,32D,33D,34D,35D,36D,37D,38D,39D. The summed E-state index contributed by atoms with van der Waals surface area (Å²) in [6.45, 7) is 0. The molecule has 3 aromatic heterocycles. The molecule has 0 N–H and O–H groups in total. The summed E-state index contributed by atoms with van der Waals surface area (Å²) < 4.78 is 361. The second-order valence-electron chi connectivity index (χ2n) is 13.5. The molecule has 0 fully saturated rings. The predicted octanol–water partition coefficient (Wildman–Crippen LogP) is 16.0. The van der Waals surface area contributed by atoms with E-state index in [2.05, 4.69) is 0 Å². The molecule has 0 aliphatic rings. The van der Waals surface area contributed by atoms with Crippen molar-refractivity contribution in [2.45, 2.75) is 0 Å². The molecular formula is C60H39N3. The average Bonchev–Trinajstić information content (AvgIpc) is 1.52. The molecule has 3 heteroatoms. The molecule has 13 rings (SSSR count). The lowest BCUT2D eigenvalue weighted by atomic mass is 9.99. The van der Waals surface area contributed by atoms with Crippen molar-refractivity contribution in [2.24, 2.45) is 0 Å². The Labute approximate surface area is 419 Å². The van der Waals surface area contributed by atoms with Gasteiger partial charge < -0.3 is 13.7 Å². The third-order valence-corrected chi connectivity index (χ3v) is 10.2.